The van der Waals surface area contributed by atoms with Gasteiger partial charge in [-0.1, -0.05) is 22.9 Å². The van der Waals surface area contributed by atoms with Gasteiger partial charge in [0.2, 0.25) is 0 Å². The standard InChI is InChI=1S/C12H15BrO2S/c1-3-6-15-12(14)8-16-11-5-4-10(13)7-9(11)2/h4-5,7H,3,6,8H2,1-2H3. The van der Waals surface area contributed by atoms with Crippen molar-refractivity contribution in [1.82, 2.24) is 0 Å². The van der Waals surface area contributed by atoms with E-state index in [0.717, 1.165) is 15.8 Å². The molecule has 2 nitrogen and oxygen atoms in total. The Balaban J connectivity index is 2.45. The molecule has 0 bridgehead atoms. The molecule has 0 unspecified atom stereocenters. The van der Waals surface area contributed by atoms with E-state index in [2.05, 4.69) is 15.9 Å². The van der Waals surface area contributed by atoms with Crippen LogP contribution in [0.4, 0.5) is 0 Å². The third kappa shape index (κ3) is 4.58. The van der Waals surface area contributed by atoms with Crippen molar-refractivity contribution in [3.63, 3.8) is 0 Å². The van der Waals surface area contributed by atoms with E-state index in [9.17, 15) is 4.79 Å². The molecule has 0 aliphatic rings. The molecule has 0 saturated carbocycles. The lowest BCUT2D eigenvalue weighted by Gasteiger charge is -2.06. The number of esters is 1. The molecule has 16 heavy (non-hydrogen) atoms. The first-order valence-electron chi connectivity index (χ1n) is 5.18. The topological polar surface area (TPSA) is 26.3 Å². The average molecular weight is 303 g/mol. The van der Waals surface area contributed by atoms with Gasteiger partial charge >= 0.3 is 5.97 Å². The zero-order chi connectivity index (χ0) is 12.0. The first-order valence-corrected chi connectivity index (χ1v) is 6.96. The Labute approximate surface area is 109 Å². The van der Waals surface area contributed by atoms with Crippen molar-refractivity contribution in [2.24, 2.45) is 0 Å². The van der Waals surface area contributed by atoms with E-state index in [-0.39, 0.29) is 5.97 Å². The van der Waals surface area contributed by atoms with Crippen LogP contribution in [0.3, 0.4) is 0 Å². The predicted molar refractivity (Wildman–Crippen MR) is 70.9 cm³/mol. The molecule has 0 aliphatic carbocycles. The van der Waals surface area contributed by atoms with Crippen molar-refractivity contribution >= 4 is 33.7 Å². The number of aryl methyl sites for hydroxylation is 1. The maximum Gasteiger partial charge on any atom is 0.316 e. The van der Waals surface area contributed by atoms with Gasteiger partial charge in [0, 0.05) is 9.37 Å². The number of halogens is 1. The molecule has 0 atom stereocenters. The van der Waals surface area contributed by atoms with Crippen molar-refractivity contribution in [3.8, 4) is 0 Å². The van der Waals surface area contributed by atoms with Gasteiger partial charge in [-0.05, 0) is 37.1 Å². The van der Waals surface area contributed by atoms with Crippen molar-refractivity contribution in [3.05, 3.63) is 28.2 Å². The number of hydrogen-bond acceptors (Lipinski definition) is 3. The highest BCUT2D eigenvalue weighted by Crippen LogP contribution is 2.25. The van der Waals surface area contributed by atoms with Crippen molar-refractivity contribution in [1.29, 1.82) is 0 Å². The highest BCUT2D eigenvalue weighted by molar-refractivity contribution is 9.10. The molecule has 4 heteroatoms. The minimum atomic E-state index is -0.144. The maximum atomic E-state index is 11.3. The summed E-state index contributed by atoms with van der Waals surface area (Å²) in [7, 11) is 0. The summed E-state index contributed by atoms with van der Waals surface area (Å²) in [5.74, 6) is 0.233. The predicted octanol–water partition coefficient (Wildman–Crippen LogP) is 3.80. The van der Waals surface area contributed by atoms with Gasteiger partial charge < -0.3 is 4.74 Å². The van der Waals surface area contributed by atoms with E-state index >= 15 is 0 Å². The van der Waals surface area contributed by atoms with E-state index in [1.54, 1.807) is 0 Å². The molecule has 0 amide bonds. The summed E-state index contributed by atoms with van der Waals surface area (Å²) in [4.78, 5) is 12.4. The molecule has 0 saturated heterocycles. The van der Waals surface area contributed by atoms with E-state index in [4.69, 9.17) is 4.74 Å². The van der Waals surface area contributed by atoms with Gasteiger partial charge in [0.05, 0.1) is 12.4 Å². The molecule has 1 rings (SSSR count). The largest absolute Gasteiger partial charge is 0.465 e. The summed E-state index contributed by atoms with van der Waals surface area (Å²) in [6.45, 7) is 4.53. The lowest BCUT2D eigenvalue weighted by molar-refractivity contribution is -0.140. The minimum absolute atomic E-state index is 0.144. The average Bonchev–Trinajstić information content (AvgIpc) is 2.25. The van der Waals surface area contributed by atoms with Gasteiger partial charge in [0.1, 0.15) is 0 Å². The number of carbonyl (C=O) groups is 1. The van der Waals surface area contributed by atoms with Gasteiger partial charge in [-0.3, -0.25) is 4.79 Å². The Kier molecular flexibility index (Phi) is 5.91. The number of thioether (sulfide) groups is 1. The highest BCUT2D eigenvalue weighted by Gasteiger charge is 2.05. The van der Waals surface area contributed by atoms with Crippen LogP contribution in [-0.4, -0.2) is 18.3 Å². The summed E-state index contributed by atoms with van der Waals surface area (Å²) < 4.78 is 6.07. The van der Waals surface area contributed by atoms with Gasteiger partial charge in [-0.2, -0.15) is 0 Å². The molecule has 0 spiro atoms. The molecule has 0 radical (unpaired) electrons. The minimum Gasteiger partial charge on any atom is -0.465 e. The summed E-state index contributed by atoms with van der Waals surface area (Å²) in [6.07, 6.45) is 0.869. The Bertz CT molecular complexity index is 366. The van der Waals surface area contributed by atoms with Crippen LogP contribution in [-0.2, 0) is 9.53 Å². The molecule has 0 N–H and O–H groups in total. The molecule has 0 aliphatic heterocycles. The van der Waals surface area contributed by atoms with Crippen LogP contribution in [0.5, 0.6) is 0 Å². The second-order valence-corrected chi connectivity index (χ2v) is 5.35. The molecule has 1 aromatic carbocycles. The summed E-state index contributed by atoms with van der Waals surface area (Å²) >= 11 is 4.93. The van der Waals surface area contributed by atoms with Crippen LogP contribution in [0.25, 0.3) is 0 Å². The second-order valence-electron chi connectivity index (χ2n) is 3.42. The normalized spacial score (nSPS) is 10.2. The van der Waals surface area contributed by atoms with Crippen LogP contribution in [0.15, 0.2) is 27.6 Å². The molecule has 0 fully saturated rings. The first kappa shape index (κ1) is 13.6. The molecule has 0 heterocycles. The highest BCUT2D eigenvalue weighted by atomic mass is 79.9. The number of hydrogen-bond donors (Lipinski definition) is 0. The van der Waals surface area contributed by atoms with Crippen molar-refractivity contribution in [2.45, 2.75) is 25.2 Å². The summed E-state index contributed by atoms with van der Waals surface area (Å²) in [6, 6.07) is 6.03. The van der Waals surface area contributed by atoms with E-state index in [0.29, 0.717) is 12.4 Å². The molecule has 88 valence electrons. The van der Waals surface area contributed by atoms with Crippen molar-refractivity contribution in [2.75, 3.05) is 12.4 Å². The van der Waals surface area contributed by atoms with Crippen LogP contribution < -0.4 is 0 Å². The van der Waals surface area contributed by atoms with Crippen LogP contribution in [0, 0.1) is 6.92 Å². The molecule has 1 aromatic rings. The van der Waals surface area contributed by atoms with Gasteiger partial charge in [0.25, 0.3) is 0 Å². The van der Waals surface area contributed by atoms with Gasteiger partial charge in [-0.15, -0.1) is 11.8 Å². The fourth-order valence-corrected chi connectivity index (χ4v) is 2.45. The fourth-order valence-electron chi connectivity index (χ4n) is 1.17. The third-order valence-corrected chi connectivity index (χ3v) is 3.59. The Hall–Kier alpha value is -0.480. The quantitative estimate of drug-likeness (QED) is 0.611. The number of rotatable bonds is 5. The molecular formula is C12H15BrO2S. The fraction of sp³-hybridized carbons (Fsp3) is 0.417. The van der Waals surface area contributed by atoms with E-state index in [1.165, 1.54) is 17.3 Å². The Morgan fingerprint density at radius 3 is 2.88 bits per heavy atom. The van der Waals surface area contributed by atoms with Crippen LogP contribution >= 0.6 is 27.7 Å². The SMILES string of the molecule is CCCOC(=O)CSc1ccc(Br)cc1C. The van der Waals surface area contributed by atoms with E-state index < -0.39 is 0 Å². The van der Waals surface area contributed by atoms with Gasteiger partial charge in [0.15, 0.2) is 0 Å². The molecule has 0 aromatic heterocycles. The lowest BCUT2D eigenvalue weighted by atomic mass is 10.2. The second kappa shape index (κ2) is 6.97. The summed E-state index contributed by atoms with van der Waals surface area (Å²) in [5.41, 5.74) is 1.17. The number of benzene rings is 1. The summed E-state index contributed by atoms with van der Waals surface area (Å²) in [5, 5.41) is 0. The number of carbonyl (C=O) groups excluding carboxylic acids is 1. The smallest absolute Gasteiger partial charge is 0.316 e. The van der Waals surface area contributed by atoms with Crippen LogP contribution in [0.2, 0.25) is 0 Å². The maximum absolute atomic E-state index is 11.3. The third-order valence-electron chi connectivity index (χ3n) is 1.95. The zero-order valence-corrected chi connectivity index (χ0v) is 11.9. The van der Waals surface area contributed by atoms with E-state index in [1.807, 2.05) is 32.0 Å². The lowest BCUT2D eigenvalue weighted by Crippen LogP contribution is -2.07. The molecular weight excluding hydrogens is 288 g/mol. The number of ether oxygens (including phenoxy) is 1. The Morgan fingerprint density at radius 2 is 2.25 bits per heavy atom. The van der Waals surface area contributed by atoms with Crippen LogP contribution in [0.1, 0.15) is 18.9 Å². The monoisotopic (exact) mass is 302 g/mol. The van der Waals surface area contributed by atoms with Gasteiger partial charge in [-0.25, -0.2) is 0 Å². The van der Waals surface area contributed by atoms with Crippen molar-refractivity contribution < 1.29 is 9.53 Å². The zero-order valence-electron chi connectivity index (χ0n) is 9.46. The Morgan fingerprint density at radius 1 is 1.50 bits per heavy atom. The first-order chi connectivity index (χ1) is 7.63.